The topological polar surface area (TPSA) is 64.6 Å². The zero-order chi connectivity index (χ0) is 20.4. The lowest BCUT2D eigenvalue weighted by Crippen LogP contribution is -2.27. The van der Waals surface area contributed by atoms with Crippen LogP contribution < -0.4 is 14.2 Å². The molecule has 0 radical (unpaired) electrons. The van der Waals surface area contributed by atoms with Gasteiger partial charge in [0.2, 0.25) is 10.0 Å². The first-order valence-electron chi connectivity index (χ1n) is 8.96. The van der Waals surface area contributed by atoms with Crippen molar-refractivity contribution in [3.8, 4) is 11.5 Å². The van der Waals surface area contributed by atoms with Crippen LogP contribution in [0.5, 0.6) is 11.5 Å². The molecule has 1 N–H and O–H groups in total. The van der Waals surface area contributed by atoms with Gasteiger partial charge in [-0.3, -0.25) is 0 Å². The summed E-state index contributed by atoms with van der Waals surface area (Å²) in [6.45, 7) is 9.82. The second-order valence-corrected chi connectivity index (χ2v) is 8.79. The van der Waals surface area contributed by atoms with Crippen LogP contribution in [-0.4, -0.2) is 22.6 Å². The van der Waals surface area contributed by atoms with E-state index in [9.17, 15) is 8.42 Å². The Morgan fingerprint density at radius 3 is 2.00 bits per heavy atom. The molecule has 0 aromatic heterocycles. The van der Waals surface area contributed by atoms with Crippen molar-refractivity contribution >= 4 is 10.0 Å². The first kappa shape index (κ1) is 21.3. The summed E-state index contributed by atoms with van der Waals surface area (Å²) in [6.07, 6.45) is 0. The molecule has 2 rings (SSSR count). The van der Waals surface area contributed by atoms with Crippen LogP contribution in [0, 0.1) is 13.8 Å². The highest BCUT2D eigenvalue weighted by Gasteiger charge is 2.22. The third-order valence-electron chi connectivity index (χ3n) is 4.72. The first-order valence-corrected chi connectivity index (χ1v) is 10.4. The average molecular weight is 392 g/mol. The second kappa shape index (κ2) is 8.31. The van der Waals surface area contributed by atoms with E-state index in [1.807, 2.05) is 32.9 Å². The number of hydrogen-bond acceptors (Lipinski definition) is 4. The summed E-state index contributed by atoms with van der Waals surface area (Å²) >= 11 is 0. The molecular weight excluding hydrogens is 362 g/mol. The summed E-state index contributed by atoms with van der Waals surface area (Å²) < 4.78 is 39.2. The Balaban J connectivity index is 2.37. The predicted molar refractivity (Wildman–Crippen MR) is 108 cm³/mol. The fourth-order valence-electron chi connectivity index (χ4n) is 3.19. The highest BCUT2D eigenvalue weighted by Crippen LogP contribution is 2.32. The maximum atomic E-state index is 12.8. The van der Waals surface area contributed by atoms with E-state index in [0.29, 0.717) is 5.75 Å². The Morgan fingerprint density at radius 1 is 0.852 bits per heavy atom. The summed E-state index contributed by atoms with van der Waals surface area (Å²) in [5, 5.41) is 0. The van der Waals surface area contributed by atoms with Crippen molar-refractivity contribution in [3.05, 3.63) is 52.6 Å². The number of hydrogen-bond donors (Lipinski definition) is 1. The Kier molecular flexibility index (Phi) is 6.54. The Morgan fingerprint density at radius 2 is 1.48 bits per heavy atom. The maximum absolute atomic E-state index is 12.8. The van der Waals surface area contributed by atoms with E-state index in [2.05, 4.69) is 18.6 Å². The Bertz CT molecular complexity index is 920. The number of methoxy groups -OCH3 is 2. The van der Waals surface area contributed by atoms with Gasteiger partial charge in [-0.1, -0.05) is 13.8 Å². The monoisotopic (exact) mass is 391 g/mol. The van der Waals surface area contributed by atoms with Crippen LogP contribution in [0.25, 0.3) is 0 Å². The number of rotatable bonds is 7. The quantitative estimate of drug-likeness (QED) is 0.756. The molecule has 1 atom stereocenters. The van der Waals surface area contributed by atoms with Crippen LogP contribution in [0.2, 0.25) is 0 Å². The molecule has 0 bridgehead atoms. The molecule has 0 fully saturated rings. The largest absolute Gasteiger partial charge is 0.496 e. The van der Waals surface area contributed by atoms with Crippen LogP contribution in [-0.2, 0) is 10.0 Å². The molecule has 6 heteroatoms. The van der Waals surface area contributed by atoms with E-state index in [4.69, 9.17) is 9.47 Å². The van der Waals surface area contributed by atoms with Gasteiger partial charge in [-0.15, -0.1) is 0 Å². The molecule has 0 unspecified atom stereocenters. The van der Waals surface area contributed by atoms with Crippen LogP contribution in [0.3, 0.4) is 0 Å². The molecule has 0 aliphatic rings. The zero-order valence-electron chi connectivity index (χ0n) is 17.1. The molecule has 2 aromatic rings. The summed E-state index contributed by atoms with van der Waals surface area (Å²) in [4.78, 5) is 0.225. The van der Waals surface area contributed by atoms with Crippen molar-refractivity contribution in [2.75, 3.05) is 14.2 Å². The van der Waals surface area contributed by atoms with Crippen molar-refractivity contribution in [1.29, 1.82) is 0 Å². The van der Waals surface area contributed by atoms with E-state index in [-0.39, 0.29) is 16.9 Å². The summed E-state index contributed by atoms with van der Waals surface area (Å²) in [6, 6.07) is 8.47. The molecule has 0 aliphatic carbocycles. The second-order valence-electron chi connectivity index (χ2n) is 7.08. The Hall–Kier alpha value is -2.05. The normalized spacial score (nSPS) is 12.9. The lowest BCUT2D eigenvalue weighted by Gasteiger charge is -2.21. The van der Waals surface area contributed by atoms with Gasteiger partial charge in [-0.05, 0) is 79.3 Å². The molecule has 0 heterocycles. The van der Waals surface area contributed by atoms with E-state index in [0.717, 1.165) is 28.0 Å². The molecule has 27 heavy (non-hydrogen) atoms. The molecule has 0 amide bonds. The molecular formula is C21H29NO4S. The van der Waals surface area contributed by atoms with Gasteiger partial charge >= 0.3 is 0 Å². The lowest BCUT2D eigenvalue weighted by atomic mass is 9.94. The molecule has 148 valence electrons. The van der Waals surface area contributed by atoms with Gasteiger partial charge < -0.3 is 9.47 Å². The Labute approximate surface area is 162 Å². The average Bonchev–Trinajstić information content (AvgIpc) is 2.60. The minimum atomic E-state index is -3.66. The van der Waals surface area contributed by atoms with Crippen molar-refractivity contribution in [2.24, 2.45) is 0 Å². The van der Waals surface area contributed by atoms with Gasteiger partial charge in [0.1, 0.15) is 11.5 Å². The van der Waals surface area contributed by atoms with Crippen molar-refractivity contribution < 1.29 is 17.9 Å². The molecule has 0 saturated heterocycles. The molecule has 0 saturated carbocycles. The van der Waals surface area contributed by atoms with Crippen LogP contribution >= 0.6 is 0 Å². The number of benzene rings is 2. The van der Waals surface area contributed by atoms with Gasteiger partial charge in [0.15, 0.2) is 0 Å². The van der Waals surface area contributed by atoms with Crippen molar-refractivity contribution in [2.45, 2.75) is 51.5 Å². The van der Waals surface area contributed by atoms with E-state index in [1.54, 1.807) is 32.4 Å². The van der Waals surface area contributed by atoms with E-state index in [1.165, 1.54) is 0 Å². The molecule has 0 spiro atoms. The maximum Gasteiger partial charge on any atom is 0.241 e. The van der Waals surface area contributed by atoms with Gasteiger partial charge in [0.05, 0.1) is 19.1 Å². The number of ether oxygens (including phenoxy) is 2. The summed E-state index contributed by atoms with van der Waals surface area (Å²) in [7, 11) is -0.441. The fraction of sp³-hybridized carbons (Fsp3) is 0.429. The number of nitrogens with one attached hydrogen (secondary N) is 1. The third-order valence-corrected chi connectivity index (χ3v) is 6.25. The predicted octanol–water partition coefficient (Wildman–Crippen LogP) is 4.48. The molecule has 0 aliphatic heterocycles. The standard InChI is InChI=1S/C21H29NO4S/c1-13(2)18-12-19(14(3)11-21(18)26-7)16(5)22-27(23,24)17-8-9-20(25-6)15(4)10-17/h8-13,16,22H,1-7H3/t16-/m1/s1. The van der Waals surface area contributed by atoms with Crippen LogP contribution in [0.1, 0.15) is 55.0 Å². The SMILES string of the molecule is COc1ccc(S(=O)(=O)N[C@H](C)c2cc(C(C)C)c(OC)cc2C)cc1C. The third kappa shape index (κ3) is 4.62. The minimum Gasteiger partial charge on any atom is -0.496 e. The summed E-state index contributed by atoms with van der Waals surface area (Å²) in [5.41, 5.74) is 3.76. The smallest absolute Gasteiger partial charge is 0.241 e. The van der Waals surface area contributed by atoms with Crippen LogP contribution in [0.15, 0.2) is 35.2 Å². The van der Waals surface area contributed by atoms with E-state index < -0.39 is 10.0 Å². The van der Waals surface area contributed by atoms with Crippen molar-refractivity contribution in [3.63, 3.8) is 0 Å². The van der Waals surface area contributed by atoms with E-state index >= 15 is 0 Å². The first-order chi connectivity index (χ1) is 12.6. The number of sulfonamides is 1. The van der Waals surface area contributed by atoms with Crippen molar-refractivity contribution in [1.82, 2.24) is 4.72 Å². The summed E-state index contributed by atoms with van der Waals surface area (Å²) in [5.74, 6) is 1.76. The van der Waals surface area contributed by atoms with Gasteiger partial charge in [-0.2, -0.15) is 0 Å². The van der Waals surface area contributed by atoms with Crippen LogP contribution in [0.4, 0.5) is 0 Å². The highest BCUT2D eigenvalue weighted by molar-refractivity contribution is 7.89. The van der Waals surface area contributed by atoms with Gasteiger partial charge in [0, 0.05) is 6.04 Å². The number of aryl methyl sites for hydroxylation is 2. The molecule has 5 nitrogen and oxygen atoms in total. The minimum absolute atomic E-state index is 0.225. The lowest BCUT2D eigenvalue weighted by molar-refractivity contribution is 0.406. The zero-order valence-corrected chi connectivity index (χ0v) is 17.9. The van der Waals surface area contributed by atoms with Gasteiger partial charge in [0.25, 0.3) is 0 Å². The highest BCUT2D eigenvalue weighted by atomic mass is 32.2. The van der Waals surface area contributed by atoms with Gasteiger partial charge in [-0.25, -0.2) is 13.1 Å². The molecule has 2 aromatic carbocycles. The fourth-order valence-corrected chi connectivity index (χ4v) is 4.50.